The van der Waals surface area contributed by atoms with E-state index in [-0.39, 0.29) is 0 Å². The average Bonchev–Trinajstić information content (AvgIpc) is 2.30. The van der Waals surface area contributed by atoms with E-state index in [1.54, 1.807) is 0 Å². The minimum Gasteiger partial charge on any atom is -0.480 e. The van der Waals surface area contributed by atoms with Gasteiger partial charge in [-0.25, -0.2) is 4.79 Å². The zero-order valence-corrected chi connectivity index (χ0v) is 9.49. The normalized spacial score (nSPS) is 25.3. The Morgan fingerprint density at radius 3 is 2.81 bits per heavy atom. The number of piperidine rings is 1. The molecule has 0 saturated carbocycles. The van der Waals surface area contributed by atoms with Gasteiger partial charge in [0.1, 0.15) is 5.54 Å². The minimum absolute atomic E-state index is 0.672. The summed E-state index contributed by atoms with van der Waals surface area (Å²) < 4.78 is 0. The first-order chi connectivity index (χ1) is 7.65. The summed E-state index contributed by atoms with van der Waals surface area (Å²) in [5.74, 6) is -0.766. The molecule has 1 aliphatic heterocycles. The van der Waals surface area contributed by atoms with E-state index in [2.05, 4.69) is 5.32 Å². The molecule has 1 heterocycles. The molecule has 1 aromatic rings. The molecule has 1 aromatic carbocycles. The largest absolute Gasteiger partial charge is 0.480 e. The lowest BCUT2D eigenvalue weighted by atomic mass is 9.82. The van der Waals surface area contributed by atoms with Gasteiger partial charge in [0.25, 0.3) is 0 Å². The molecular weight excluding hydrogens is 202 g/mol. The summed E-state index contributed by atoms with van der Waals surface area (Å²) in [6, 6.07) is 7.78. The van der Waals surface area contributed by atoms with Crippen LogP contribution < -0.4 is 5.32 Å². The van der Waals surface area contributed by atoms with Crippen molar-refractivity contribution in [3.63, 3.8) is 0 Å². The Morgan fingerprint density at radius 1 is 1.44 bits per heavy atom. The number of hydrogen-bond acceptors (Lipinski definition) is 2. The van der Waals surface area contributed by atoms with Crippen molar-refractivity contribution >= 4 is 5.97 Å². The number of carboxylic acids is 1. The first-order valence-electron chi connectivity index (χ1n) is 5.71. The maximum absolute atomic E-state index is 11.5. The van der Waals surface area contributed by atoms with Crippen molar-refractivity contribution < 1.29 is 9.90 Å². The van der Waals surface area contributed by atoms with Gasteiger partial charge >= 0.3 is 5.97 Å². The van der Waals surface area contributed by atoms with E-state index in [1.807, 2.05) is 31.2 Å². The van der Waals surface area contributed by atoms with Gasteiger partial charge in [-0.3, -0.25) is 5.32 Å². The van der Waals surface area contributed by atoms with Crippen molar-refractivity contribution in [3.05, 3.63) is 35.4 Å². The zero-order chi connectivity index (χ0) is 11.6. The van der Waals surface area contributed by atoms with Crippen LogP contribution in [0.5, 0.6) is 0 Å². The van der Waals surface area contributed by atoms with Crippen LogP contribution in [0.3, 0.4) is 0 Å². The summed E-state index contributed by atoms with van der Waals surface area (Å²) in [5.41, 5.74) is 1.11. The third kappa shape index (κ3) is 1.83. The van der Waals surface area contributed by atoms with Crippen LogP contribution >= 0.6 is 0 Å². The average molecular weight is 219 g/mol. The second-order valence-corrected chi connectivity index (χ2v) is 4.46. The van der Waals surface area contributed by atoms with E-state index in [4.69, 9.17) is 0 Å². The molecule has 2 N–H and O–H groups in total. The van der Waals surface area contributed by atoms with Crippen molar-refractivity contribution in [1.82, 2.24) is 5.32 Å². The van der Waals surface area contributed by atoms with Gasteiger partial charge in [0.15, 0.2) is 0 Å². The molecule has 0 radical (unpaired) electrons. The number of carboxylic acid groups (broad SMARTS) is 1. The van der Waals surface area contributed by atoms with Gasteiger partial charge in [-0.1, -0.05) is 29.8 Å². The predicted octanol–water partition coefficient (Wildman–Crippen LogP) is 2.05. The van der Waals surface area contributed by atoms with E-state index in [0.29, 0.717) is 6.42 Å². The summed E-state index contributed by atoms with van der Waals surface area (Å²) in [4.78, 5) is 11.5. The lowest BCUT2D eigenvalue weighted by Gasteiger charge is -2.35. The monoisotopic (exact) mass is 219 g/mol. The van der Waals surface area contributed by atoms with Crippen LogP contribution in [0.15, 0.2) is 24.3 Å². The summed E-state index contributed by atoms with van der Waals surface area (Å²) in [7, 11) is 0. The molecule has 0 amide bonds. The van der Waals surface area contributed by atoms with Crippen molar-refractivity contribution in [2.75, 3.05) is 6.54 Å². The number of rotatable bonds is 2. The van der Waals surface area contributed by atoms with Gasteiger partial charge in [0.05, 0.1) is 0 Å². The van der Waals surface area contributed by atoms with Crippen molar-refractivity contribution in [2.24, 2.45) is 0 Å². The first kappa shape index (κ1) is 11.1. The molecule has 86 valence electrons. The number of nitrogens with one attached hydrogen (secondary N) is 1. The van der Waals surface area contributed by atoms with E-state index < -0.39 is 11.5 Å². The highest BCUT2D eigenvalue weighted by molar-refractivity contribution is 5.81. The van der Waals surface area contributed by atoms with E-state index >= 15 is 0 Å². The molecule has 0 aromatic heterocycles. The highest BCUT2D eigenvalue weighted by atomic mass is 16.4. The maximum atomic E-state index is 11.5. The van der Waals surface area contributed by atoms with Crippen molar-refractivity contribution in [3.8, 4) is 0 Å². The Morgan fingerprint density at radius 2 is 2.25 bits per heavy atom. The zero-order valence-electron chi connectivity index (χ0n) is 9.49. The van der Waals surface area contributed by atoms with E-state index in [1.165, 1.54) is 0 Å². The number of aliphatic carboxylic acids is 1. The number of carbonyl (C=O) groups is 1. The highest BCUT2D eigenvalue weighted by Gasteiger charge is 2.41. The van der Waals surface area contributed by atoms with Crippen LogP contribution in [0.1, 0.15) is 30.4 Å². The molecule has 2 rings (SSSR count). The van der Waals surface area contributed by atoms with Crippen LogP contribution in [0, 0.1) is 6.92 Å². The smallest absolute Gasteiger partial charge is 0.328 e. The number of aryl methyl sites for hydroxylation is 1. The van der Waals surface area contributed by atoms with Crippen LogP contribution in [0.4, 0.5) is 0 Å². The minimum atomic E-state index is -0.871. The van der Waals surface area contributed by atoms with Crippen LogP contribution in [-0.2, 0) is 10.3 Å². The fraction of sp³-hybridized carbons (Fsp3) is 0.462. The molecule has 0 spiro atoms. The summed E-state index contributed by atoms with van der Waals surface area (Å²) in [5, 5.41) is 12.6. The van der Waals surface area contributed by atoms with Crippen molar-refractivity contribution in [1.29, 1.82) is 0 Å². The molecule has 1 unspecified atom stereocenters. The topological polar surface area (TPSA) is 49.3 Å². The highest BCUT2D eigenvalue weighted by Crippen LogP contribution is 2.31. The molecule has 1 fully saturated rings. The molecule has 0 bridgehead atoms. The van der Waals surface area contributed by atoms with Gasteiger partial charge in [-0.15, -0.1) is 0 Å². The number of benzene rings is 1. The number of hydrogen-bond donors (Lipinski definition) is 2. The summed E-state index contributed by atoms with van der Waals surface area (Å²) in [6.45, 7) is 2.77. The third-order valence-corrected chi connectivity index (χ3v) is 3.28. The second-order valence-electron chi connectivity index (χ2n) is 4.46. The Bertz CT molecular complexity index is 395. The molecule has 16 heavy (non-hydrogen) atoms. The lowest BCUT2D eigenvalue weighted by molar-refractivity contribution is -0.146. The Hall–Kier alpha value is -1.35. The second kappa shape index (κ2) is 4.26. The van der Waals surface area contributed by atoms with Gasteiger partial charge < -0.3 is 5.11 Å². The summed E-state index contributed by atoms with van der Waals surface area (Å²) in [6.07, 6.45) is 2.69. The predicted molar refractivity (Wildman–Crippen MR) is 62.3 cm³/mol. The Labute approximate surface area is 95.5 Å². The molecule has 3 nitrogen and oxygen atoms in total. The van der Waals surface area contributed by atoms with E-state index in [9.17, 15) is 9.90 Å². The van der Waals surface area contributed by atoms with Gasteiger partial charge in [-0.2, -0.15) is 0 Å². The molecule has 3 heteroatoms. The molecule has 1 aliphatic rings. The van der Waals surface area contributed by atoms with Gasteiger partial charge in [0.2, 0.25) is 0 Å². The molecule has 1 saturated heterocycles. The molecular formula is C13H17NO2. The van der Waals surface area contributed by atoms with Gasteiger partial charge in [0, 0.05) is 0 Å². The third-order valence-electron chi connectivity index (χ3n) is 3.28. The molecule has 1 atom stereocenters. The SMILES string of the molecule is Cc1cccc(C2(C(=O)O)CCCCN2)c1. The standard InChI is InChI=1S/C13H17NO2/c1-10-5-4-6-11(9-10)13(12(15)16)7-2-3-8-14-13/h4-6,9,14H,2-3,7-8H2,1H3,(H,15,16). The Balaban J connectivity index is 2.42. The molecule has 0 aliphatic carbocycles. The fourth-order valence-electron chi connectivity index (χ4n) is 2.37. The van der Waals surface area contributed by atoms with Gasteiger partial charge in [-0.05, 0) is 38.3 Å². The fourth-order valence-corrected chi connectivity index (χ4v) is 2.37. The van der Waals surface area contributed by atoms with Crippen molar-refractivity contribution in [2.45, 2.75) is 31.7 Å². The summed E-state index contributed by atoms with van der Waals surface area (Å²) >= 11 is 0. The lowest BCUT2D eigenvalue weighted by Crippen LogP contribution is -2.51. The maximum Gasteiger partial charge on any atom is 0.328 e. The Kier molecular flexibility index (Phi) is 2.97. The quantitative estimate of drug-likeness (QED) is 0.800. The van der Waals surface area contributed by atoms with Crippen LogP contribution in [0.25, 0.3) is 0 Å². The first-order valence-corrected chi connectivity index (χ1v) is 5.71. The van der Waals surface area contributed by atoms with Crippen LogP contribution in [-0.4, -0.2) is 17.6 Å². The van der Waals surface area contributed by atoms with E-state index in [0.717, 1.165) is 30.5 Å². The van der Waals surface area contributed by atoms with Crippen LogP contribution in [0.2, 0.25) is 0 Å².